The second-order valence-corrected chi connectivity index (χ2v) is 8.87. The molecule has 0 aliphatic carbocycles. The van der Waals surface area contributed by atoms with Crippen LogP contribution in [-0.2, 0) is 9.53 Å². The van der Waals surface area contributed by atoms with Crippen LogP contribution in [0.15, 0.2) is 76.2 Å². The Balaban J connectivity index is 1.93. The Bertz CT molecular complexity index is 1520. The van der Waals surface area contributed by atoms with Crippen LogP contribution in [0.4, 0.5) is 4.39 Å². The molecule has 0 saturated heterocycles. The average molecular weight is 509 g/mol. The van der Waals surface area contributed by atoms with Gasteiger partial charge in [0.2, 0.25) is 0 Å². The highest BCUT2D eigenvalue weighted by Gasteiger charge is 2.33. The molecule has 0 saturated carbocycles. The van der Waals surface area contributed by atoms with Gasteiger partial charge in [0.15, 0.2) is 16.3 Å². The van der Waals surface area contributed by atoms with E-state index in [1.165, 1.54) is 35.1 Å². The minimum Gasteiger partial charge on any atom is -0.493 e. The van der Waals surface area contributed by atoms with Crippen molar-refractivity contribution in [3.8, 4) is 11.5 Å². The molecule has 0 amide bonds. The van der Waals surface area contributed by atoms with E-state index < -0.39 is 12.0 Å². The van der Waals surface area contributed by atoms with Crippen molar-refractivity contribution in [2.24, 2.45) is 4.99 Å². The van der Waals surface area contributed by atoms with Gasteiger partial charge in [-0.3, -0.25) is 9.36 Å². The number of rotatable bonds is 8. The third-order valence-electron chi connectivity index (χ3n) is 5.54. The van der Waals surface area contributed by atoms with Crippen molar-refractivity contribution in [3.05, 3.63) is 103 Å². The van der Waals surface area contributed by atoms with Gasteiger partial charge in [0.1, 0.15) is 12.4 Å². The molecule has 1 unspecified atom stereocenters. The van der Waals surface area contributed by atoms with Gasteiger partial charge in [-0.2, -0.15) is 0 Å². The molecule has 0 fully saturated rings. The molecule has 0 spiro atoms. The van der Waals surface area contributed by atoms with E-state index in [-0.39, 0.29) is 23.6 Å². The van der Waals surface area contributed by atoms with Crippen LogP contribution in [0.1, 0.15) is 31.0 Å². The Labute approximate surface area is 211 Å². The Morgan fingerprint density at radius 2 is 1.97 bits per heavy atom. The highest BCUT2D eigenvalue weighted by molar-refractivity contribution is 7.07. The normalized spacial score (nSPS) is 15.2. The number of ether oxygens (including phenoxy) is 3. The van der Waals surface area contributed by atoms with Gasteiger partial charge in [-0.25, -0.2) is 14.2 Å². The van der Waals surface area contributed by atoms with Crippen molar-refractivity contribution in [3.63, 3.8) is 0 Å². The zero-order valence-electron chi connectivity index (χ0n) is 20.1. The Morgan fingerprint density at radius 1 is 1.22 bits per heavy atom. The number of thiazole rings is 1. The van der Waals surface area contributed by atoms with Crippen LogP contribution < -0.4 is 24.4 Å². The second-order valence-electron chi connectivity index (χ2n) is 7.86. The lowest BCUT2D eigenvalue weighted by atomic mass is 9.95. The molecule has 1 aromatic heterocycles. The number of nitrogens with zero attached hydrogens (tertiary/aromatic N) is 2. The van der Waals surface area contributed by atoms with Crippen molar-refractivity contribution in [2.45, 2.75) is 19.9 Å². The summed E-state index contributed by atoms with van der Waals surface area (Å²) in [6, 6.07) is 10.3. The molecule has 7 nitrogen and oxygen atoms in total. The molecule has 4 rings (SSSR count). The highest BCUT2D eigenvalue weighted by Crippen LogP contribution is 2.36. The molecule has 1 aliphatic rings. The number of fused-ring (bicyclic) bond motifs is 1. The van der Waals surface area contributed by atoms with Gasteiger partial charge in [-0.05, 0) is 55.3 Å². The fourth-order valence-electron chi connectivity index (χ4n) is 3.94. The predicted molar refractivity (Wildman–Crippen MR) is 135 cm³/mol. The zero-order chi connectivity index (χ0) is 25.8. The number of carbonyl (C=O) groups excluding carboxylic acids is 1. The van der Waals surface area contributed by atoms with Crippen molar-refractivity contribution in [1.82, 2.24) is 4.57 Å². The number of allylic oxidation sites excluding steroid dienone is 1. The summed E-state index contributed by atoms with van der Waals surface area (Å²) in [5.74, 6) is 0.0317. The lowest BCUT2D eigenvalue weighted by Gasteiger charge is -2.25. The first-order chi connectivity index (χ1) is 17.4. The summed E-state index contributed by atoms with van der Waals surface area (Å²) in [6.45, 7) is 7.56. The molecule has 0 bridgehead atoms. The smallest absolute Gasteiger partial charge is 0.338 e. The van der Waals surface area contributed by atoms with Crippen LogP contribution >= 0.6 is 11.3 Å². The second kappa shape index (κ2) is 10.7. The lowest BCUT2D eigenvalue weighted by Crippen LogP contribution is -2.40. The van der Waals surface area contributed by atoms with Crippen molar-refractivity contribution in [2.75, 3.05) is 20.3 Å². The molecule has 0 N–H and O–H groups in total. The van der Waals surface area contributed by atoms with E-state index in [9.17, 15) is 14.0 Å². The van der Waals surface area contributed by atoms with E-state index in [2.05, 4.69) is 11.6 Å². The van der Waals surface area contributed by atoms with Crippen LogP contribution in [0.2, 0.25) is 0 Å². The molecular weight excluding hydrogens is 483 g/mol. The quantitative estimate of drug-likeness (QED) is 0.344. The fourth-order valence-corrected chi connectivity index (χ4v) is 4.99. The molecule has 0 radical (unpaired) electrons. The molecule has 36 heavy (non-hydrogen) atoms. The van der Waals surface area contributed by atoms with Crippen LogP contribution in [0, 0.1) is 5.82 Å². The first kappa shape index (κ1) is 25.1. The number of carbonyl (C=O) groups is 1. The summed E-state index contributed by atoms with van der Waals surface area (Å²) in [4.78, 5) is 31.7. The fraction of sp³-hybridized carbons (Fsp3) is 0.222. The minimum atomic E-state index is -0.793. The first-order valence-electron chi connectivity index (χ1n) is 11.2. The van der Waals surface area contributed by atoms with E-state index in [0.29, 0.717) is 44.3 Å². The predicted octanol–water partition coefficient (Wildman–Crippen LogP) is 3.51. The number of hydrogen-bond acceptors (Lipinski definition) is 7. The van der Waals surface area contributed by atoms with Crippen molar-refractivity contribution >= 4 is 23.4 Å². The Morgan fingerprint density at radius 3 is 2.64 bits per heavy atom. The molecule has 1 atom stereocenters. The van der Waals surface area contributed by atoms with Crippen molar-refractivity contribution in [1.29, 1.82) is 0 Å². The topological polar surface area (TPSA) is 79.1 Å². The third-order valence-corrected chi connectivity index (χ3v) is 6.53. The number of esters is 1. The number of benzene rings is 2. The van der Waals surface area contributed by atoms with E-state index in [4.69, 9.17) is 14.2 Å². The van der Waals surface area contributed by atoms with E-state index in [1.807, 2.05) is 0 Å². The molecule has 186 valence electrons. The number of aromatic nitrogens is 1. The van der Waals surface area contributed by atoms with Gasteiger partial charge < -0.3 is 14.2 Å². The summed E-state index contributed by atoms with van der Waals surface area (Å²) in [6.07, 6.45) is 3.30. The number of halogens is 1. The van der Waals surface area contributed by atoms with Gasteiger partial charge in [-0.15, -0.1) is 0 Å². The number of hydrogen-bond donors (Lipinski definition) is 0. The zero-order valence-corrected chi connectivity index (χ0v) is 20.9. The molecule has 9 heteroatoms. The average Bonchev–Trinajstić information content (AvgIpc) is 3.17. The third kappa shape index (κ3) is 4.87. The van der Waals surface area contributed by atoms with Gasteiger partial charge in [0.25, 0.3) is 5.56 Å². The summed E-state index contributed by atoms with van der Waals surface area (Å²) >= 11 is 1.20. The monoisotopic (exact) mass is 508 g/mol. The Kier molecular flexibility index (Phi) is 7.49. The van der Waals surface area contributed by atoms with Crippen LogP contribution in [0.25, 0.3) is 6.08 Å². The molecule has 1 aliphatic heterocycles. The van der Waals surface area contributed by atoms with Gasteiger partial charge in [0, 0.05) is 0 Å². The number of methoxy groups -OCH3 is 1. The molecular formula is C27H25FN2O5S. The maximum atomic E-state index is 13.6. The van der Waals surface area contributed by atoms with Gasteiger partial charge >= 0.3 is 5.97 Å². The highest BCUT2D eigenvalue weighted by atomic mass is 32.1. The SMILES string of the molecule is C=CCOc1ccc(C2C(C(=O)OCC)=C(C)N=c3s/c(=C\c4ccc(F)cc4)c(=O)n32)cc1OC. The molecule has 2 aromatic carbocycles. The molecule has 3 aromatic rings. The van der Waals surface area contributed by atoms with E-state index >= 15 is 0 Å². The van der Waals surface area contributed by atoms with Gasteiger partial charge in [-0.1, -0.05) is 42.2 Å². The maximum Gasteiger partial charge on any atom is 0.338 e. The van der Waals surface area contributed by atoms with E-state index in [1.54, 1.807) is 56.3 Å². The summed E-state index contributed by atoms with van der Waals surface area (Å²) in [5.41, 5.74) is 1.70. The lowest BCUT2D eigenvalue weighted by molar-refractivity contribution is -0.139. The maximum absolute atomic E-state index is 13.6. The Hall–Kier alpha value is -3.98. The largest absolute Gasteiger partial charge is 0.493 e. The van der Waals surface area contributed by atoms with Gasteiger partial charge in [0.05, 0.1) is 35.6 Å². The first-order valence-corrected chi connectivity index (χ1v) is 12.1. The standard InChI is InChI=1S/C27H25FN2O5S/c1-5-13-35-20-12-9-18(15-21(20)33-4)24-23(26(32)34-6-2)16(3)29-27-30(24)25(31)22(36-27)14-17-7-10-19(28)11-8-17/h5,7-12,14-15,24H,1,6,13H2,2-4H3/b22-14-. The summed E-state index contributed by atoms with van der Waals surface area (Å²) < 4.78 is 31.7. The summed E-state index contributed by atoms with van der Waals surface area (Å²) in [5, 5.41) is 0. The van der Waals surface area contributed by atoms with Crippen molar-refractivity contribution < 1.29 is 23.4 Å². The minimum absolute atomic E-state index is 0.176. The van der Waals surface area contributed by atoms with E-state index in [0.717, 1.165) is 0 Å². The molecule has 2 heterocycles. The van der Waals surface area contributed by atoms with Crippen LogP contribution in [0.3, 0.4) is 0 Å². The van der Waals surface area contributed by atoms with Crippen LogP contribution in [-0.4, -0.2) is 30.9 Å². The summed E-state index contributed by atoms with van der Waals surface area (Å²) in [7, 11) is 1.52. The van der Waals surface area contributed by atoms with Crippen LogP contribution in [0.5, 0.6) is 11.5 Å².